The van der Waals surface area contributed by atoms with Gasteiger partial charge in [0.25, 0.3) is 0 Å². The number of rotatable bonds is 5. The summed E-state index contributed by atoms with van der Waals surface area (Å²) in [6, 6.07) is 16.6. The van der Waals surface area contributed by atoms with Crippen molar-refractivity contribution in [1.82, 2.24) is 4.98 Å². The molecule has 7 heteroatoms. The zero-order valence-electron chi connectivity index (χ0n) is 14.9. The summed E-state index contributed by atoms with van der Waals surface area (Å²) < 4.78 is 15.3. The SMILES string of the molecule is COC(=O)COc1ccc2cc(-c3nc(-c4ccccc4)cs3)c(=O)oc2c1. The quantitative estimate of drug-likeness (QED) is 0.375. The summed E-state index contributed by atoms with van der Waals surface area (Å²) in [7, 11) is 1.29. The fourth-order valence-corrected chi connectivity index (χ4v) is 3.50. The predicted octanol–water partition coefficient (Wildman–Crippen LogP) is 4.14. The van der Waals surface area contributed by atoms with Crippen molar-refractivity contribution in [3.05, 3.63) is 70.4 Å². The molecule has 0 bridgehead atoms. The van der Waals surface area contributed by atoms with Crippen LogP contribution in [0.4, 0.5) is 0 Å². The van der Waals surface area contributed by atoms with Gasteiger partial charge in [-0.3, -0.25) is 0 Å². The third-order valence-electron chi connectivity index (χ3n) is 4.10. The predicted molar refractivity (Wildman–Crippen MR) is 107 cm³/mol. The van der Waals surface area contributed by atoms with Crippen molar-refractivity contribution >= 4 is 28.3 Å². The molecule has 2 aromatic heterocycles. The number of carbonyl (C=O) groups is 1. The summed E-state index contributed by atoms with van der Waals surface area (Å²) in [5.74, 6) is -0.0794. The summed E-state index contributed by atoms with van der Waals surface area (Å²) in [5, 5.41) is 3.25. The number of thiazole rings is 1. The lowest BCUT2D eigenvalue weighted by Crippen LogP contribution is -2.12. The molecule has 2 aromatic carbocycles. The standard InChI is InChI=1S/C21H15NO5S/c1-25-19(23)11-26-15-8-7-14-9-16(21(24)27-18(14)10-15)20-22-17(12-28-20)13-5-3-2-4-6-13/h2-10,12H,11H2,1H3. The number of hydrogen-bond acceptors (Lipinski definition) is 7. The Bertz CT molecular complexity index is 1200. The third-order valence-corrected chi connectivity index (χ3v) is 4.97. The summed E-state index contributed by atoms with van der Waals surface area (Å²) in [6.45, 7) is -0.217. The maximum absolute atomic E-state index is 12.5. The minimum Gasteiger partial charge on any atom is -0.482 e. The zero-order chi connectivity index (χ0) is 19.5. The van der Waals surface area contributed by atoms with Gasteiger partial charge in [0, 0.05) is 22.4 Å². The molecule has 0 spiro atoms. The summed E-state index contributed by atoms with van der Waals surface area (Å²) in [6.07, 6.45) is 0. The van der Waals surface area contributed by atoms with Crippen LogP contribution in [0.5, 0.6) is 5.75 Å². The van der Waals surface area contributed by atoms with Gasteiger partial charge in [-0.05, 0) is 18.2 Å². The van der Waals surface area contributed by atoms with E-state index in [9.17, 15) is 9.59 Å². The van der Waals surface area contributed by atoms with E-state index in [4.69, 9.17) is 9.15 Å². The first kappa shape index (κ1) is 17.9. The van der Waals surface area contributed by atoms with Crippen molar-refractivity contribution < 1.29 is 18.7 Å². The van der Waals surface area contributed by atoms with Crippen LogP contribution in [0, 0.1) is 0 Å². The van der Waals surface area contributed by atoms with Crippen molar-refractivity contribution in [2.45, 2.75) is 0 Å². The highest BCUT2D eigenvalue weighted by Gasteiger charge is 2.13. The lowest BCUT2D eigenvalue weighted by Gasteiger charge is -2.06. The summed E-state index contributed by atoms with van der Waals surface area (Å²) >= 11 is 1.39. The lowest BCUT2D eigenvalue weighted by atomic mass is 10.1. The summed E-state index contributed by atoms with van der Waals surface area (Å²) in [4.78, 5) is 28.2. The van der Waals surface area contributed by atoms with Gasteiger partial charge in [0.2, 0.25) is 0 Å². The minimum atomic E-state index is -0.491. The van der Waals surface area contributed by atoms with Crippen molar-refractivity contribution in [1.29, 1.82) is 0 Å². The highest BCUT2D eigenvalue weighted by atomic mass is 32.1. The molecule has 28 heavy (non-hydrogen) atoms. The van der Waals surface area contributed by atoms with E-state index in [0.29, 0.717) is 21.9 Å². The van der Waals surface area contributed by atoms with E-state index in [0.717, 1.165) is 16.6 Å². The first-order chi connectivity index (χ1) is 13.6. The van der Waals surface area contributed by atoms with Crippen LogP contribution in [0.3, 0.4) is 0 Å². The Kier molecular flexibility index (Phi) is 4.90. The molecule has 4 aromatic rings. The van der Waals surface area contributed by atoms with Gasteiger partial charge in [0.15, 0.2) is 6.61 Å². The Morgan fingerprint density at radius 1 is 1.14 bits per heavy atom. The highest BCUT2D eigenvalue weighted by Crippen LogP contribution is 2.29. The molecule has 0 saturated heterocycles. The molecule has 0 fully saturated rings. The van der Waals surface area contributed by atoms with Crippen LogP contribution in [0.2, 0.25) is 0 Å². The van der Waals surface area contributed by atoms with Gasteiger partial charge in [-0.1, -0.05) is 30.3 Å². The van der Waals surface area contributed by atoms with E-state index in [1.54, 1.807) is 24.3 Å². The molecule has 0 saturated carbocycles. The molecule has 0 N–H and O–H groups in total. The summed E-state index contributed by atoms with van der Waals surface area (Å²) in [5.41, 5.74) is 2.10. The van der Waals surface area contributed by atoms with Gasteiger partial charge in [0.05, 0.1) is 18.4 Å². The Morgan fingerprint density at radius 2 is 1.96 bits per heavy atom. The molecule has 2 heterocycles. The van der Waals surface area contributed by atoms with Crippen LogP contribution in [-0.2, 0) is 9.53 Å². The van der Waals surface area contributed by atoms with Crippen LogP contribution in [0.15, 0.2) is 69.2 Å². The average molecular weight is 393 g/mol. The molecule has 140 valence electrons. The van der Waals surface area contributed by atoms with Gasteiger partial charge in [-0.25, -0.2) is 14.6 Å². The number of carbonyl (C=O) groups excluding carboxylic acids is 1. The number of nitrogens with zero attached hydrogens (tertiary/aromatic N) is 1. The maximum atomic E-state index is 12.5. The normalized spacial score (nSPS) is 10.8. The highest BCUT2D eigenvalue weighted by molar-refractivity contribution is 7.13. The molecule has 6 nitrogen and oxygen atoms in total. The molecular weight excluding hydrogens is 378 g/mol. The lowest BCUT2D eigenvalue weighted by molar-refractivity contribution is -0.142. The average Bonchev–Trinajstić information content (AvgIpc) is 3.22. The Balaban J connectivity index is 1.66. The number of methoxy groups -OCH3 is 1. The van der Waals surface area contributed by atoms with Gasteiger partial charge < -0.3 is 13.9 Å². The molecular formula is C21H15NO5S. The molecule has 0 amide bonds. The van der Waals surface area contributed by atoms with E-state index in [1.807, 2.05) is 35.7 Å². The Labute approximate surface area is 164 Å². The molecule has 0 aliphatic carbocycles. The Hall–Kier alpha value is -3.45. The number of esters is 1. The van der Waals surface area contributed by atoms with Crippen molar-refractivity contribution in [3.63, 3.8) is 0 Å². The van der Waals surface area contributed by atoms with Crippen molar-refractivity contribution in [2.75, 3.05) is 13.7 Å². The molecule has 0 radical (unpaired) electrons. The fraction of sp³-hybridized carbons (Fsp3) is 0.0952. The largest absolute Gasteiger partial charge is 0.482 e. The number of fused-ring (bicyclic) bond motifs is 1. The van der Waals surface area contributed by atoms with Gasteiger partial charge >= 0.3 is 11.6 Å². The first-order valence-corrected chi connectivity index (χ1v) is 9.31. The molecule has 0 aliphatic heterocycles. The second kappa shape index (κ2) is 7.66. The van der Waals surface area contributed by atoms with Crippen LogP contribution < -0.4 is 10.4 Å². The van der Waals surface area contributed by atoms with Gasteiger partial charge in [-0.2, -0.15) is 0 Å². The fourth-order valence-electron chi connectivity index (χ4n) is 2.67. The number of aromatic nitrogens is 1. The monoisotopic (exact) mass is 393 g/mol. The van der Waals surface area contributed by atoms with Gasteiger partial charge in [0.1, 0.15) is 16.3 Å². The Morgan fingerprint density at radius 3 is 2.75 bits per heavy atom. The van der Waals surface area contributed by atoms with Crippen LogP contribution in [0.25, 0.3) is 32.8 Å². The number of hydrogen-bond donors (Lipinski definition) is 0. The topological polar surface area (TPSA) is 78.6 Å². The van der Waals surface area contributed by atoms with Crippen molar-refractivity contribution in [2.24, 2.45) is 0 Å². The van der Waals surface area contributed by atoms with Crippen LogP contribution in [-0.4, -0.2) is 24.7 Å². The zero-order valence-corrected chi connectivity index (χ0v) is 15.7. The van der Waals surface area contributed by atoms with Crippen molar-refractivity contribution in [3.8, 4) is 27.6 Å². The molecule has 0 aliphatic rings. The van der Waals surface area contributed by atoms with Gasteiger partial charge in [-0.15, -0.1) is 11.3 Å². The smallest absolute Gasteiger partial charge is 0.346 e. The van der Waals surface area contributed by atoms with E-state index >= 15 is 0 Å². The minimum absolute atomic E-state index is 0.217. The number of benzene rings is 2. The second-order valence-corrected chi connectivity index (χ2v) is 6.77. The first-order valence-electron chi connectivity index (χ1n) is 8.43. The maximum Gasteiger partial charge on any atom is 0.346 e. The van der Waals surface area contributed by atoms with Crippen LogP contribution in [0.1, 0.15) is 0 Å². The number of ether oxygens (including phenoxy) is 2. The van der Waals surface area contributed by atoms with E-state index < -0.39 is 11.6 Å². The third kappa shape index (κ3) is 3.65. The van der Waals surface area contributed by atoms with E-state index in [2.05, 4.69) is 9.72 Å². The second-order valence-electron chi connectivity index (χ2n) is 5.92. The van der Waals surface area contributed by atoms with E-state index in [-0.39, 0.29) is 6.61 Å². The van der Waals surface area contributed by atoms with E-state index in [1.165, 1.54) is 18.4 Å². The molecule has 0 unspecified atom stereocenters. The molecule has 4 rings (SSSR count). The van der Waals surface area contributed by atoms with Crippen LogP contribution >= 0.6 is 11.3 Å². The molecule has 0 atom stereocenters.